The second-order valence-electron chi connectivity index (χ2n) is 6.85. The highest BCUT2D eigenvalue weighted by Gasteiger charge is 2.31. The first kappa shape index (κ1) is 17.0. The van der Waals surface area contributed by atoms with E-state index in [1.165, 1.54) is 5.56 Å². The number of carboxylic acid groups (broad SMARTS) is 1. The quantitative estimate of drug-likeness (QED) is 0.882. The molecule has 1 N–H and O–H groups in total. The summed E-state index contributed by atoms with van der Waals surface area (Å²) in [5.41, 5.74) is 3.06. The van der Waals surface area contributed by atoms with E-state index in [4.69, 9.17) is 16.7 Å². The van der Waals surface area contributed by atoms with Gasteiger partial charge in [-0.25, -0.2) is 4.79 Å². The fourth-order valence-electron chi connectivity index (χ4n) is 3.36. The van der Waals surface area contributed by atoms with Crippen molar-refractivity contribution in [2.75, 3.05) is 13.1 Å². The van der Waals surface area contributed by atoms with E-state index in [0.717, 1.165) is 43.1 Å². The lowest BCUT2D eigenvalue weighted by Crippen LogP contribution is -2.40. The Kier molecular flexibility index (Phi) is 4.93. The van der Waals surface area contributed by atoms with Gasteiger partial charge < -0.3 is 5.11 Å². The number of nitrogens with zero attached hydrogens (tertiary/aromatic N) is 1. The Morgan fingerprint density at radius 1 is 1.08 bits per heavy atom. The molecule has 24 heavy (non-hydrogen) atoms. The standard InChI is InChI=1S/C20H22ClNO2/c1-20(17-6-8-18(21)9-7-17)10-12-22(13-11-20)14-15-2-4-16(5-3-15)19(23)24/h2-9H,10-14H2,1H3,(H,23,24). The highest BCUT2D eigenvalue weighted by molar-refractivity contribution is 6.30. The first-order valence-electron chi connectivity index (χ1n) is 8.27. The molecule has 3 nitrogen and oxygen atoms in total. The van der Waals surface area contributed by atoms with Gasteiger partial charge in [-0.1, -0.05) is 42.8 Å². The molecule has 0 aromatic heterocycles. The molecule has 2 aromatic carbocycles. The summed E-state index contributed by atoms with van der Waals surface area (Å²) < 4.78 is 0. The Balaban J connectivity index is 1.60. The van der Waals surface area contributed by atoms with Gasteiger partial charge in [-0.3, -0.25) is 4.90 Å². The topological polar surface area (TPSA) is 40.5 Å². The van der Waals surface area contributed by atoms with Crippen molar-refractivity contribution >= 4 is 17.6 Å². The summed E-state index contributed by atoms with van der Waals surface area (Å²) in [6, 6.07) is 15.4. The van der Waals surface area contributed by atoms with Crippen LogP contribution in [0.3, 0.4) is 0 Å². The van der Waals surface area contributed by atoms with E-state index in [9.17, 15) is 4.79 Å². The maximum Gasteiger partial charge on any atom is 0.335 e. The largest absolute Gasteiger partial charge is 0.478 e. The van der Waals surface area contributed by atoms with Crippen molar-refractivity contribution in [3.05, 3.63) is 70.2 Å². The van der Waals surface area contributed by atoms with Crippen LogP contribution in [0.5, 0.6) is 0 Å². The highest BCUT2D eigenvalue weighted by atomic mass is 35.5. The third-order valence-electron chi connectivity index (χ3n) is 5.11. The molecule has 0 spiro atoms. The molecule has 0 bridgehead atoms. The summed E-state index contributed by atoms with van der Waals surface area (Å²) in [6.07, 6.45) is 2.23. The van der Waals surface area contributed by atoms with Gasteiger partial charge in [0.2, 0.25) is 0 Å². The van der Waals surface area contributed by atoms with Gasteiger partial charge in [0.1, 0.15) is 0 Å². The predicted molar refractivity (Wildman–Crippen MR) is 96.7 cm³/mol. The molecule has 1 saturated heterocycles. The van der Waals surface area contributed by atoms with Crippen molar-refractivity contribution < 1.29 is 9.90 Å². The Hall–Kier alpha value is -1.84. The van der Waals surface area contributed by atoms with E-state index in [1.807, 2.05) is 24.3 Å². The van der Waals surface area contributed by atoms with Crippen LogP contribution in [0.1, 0.15) is 41.3 Å². The van der Waals surface area contributed by atoms with E-state index in [1.54, 1.807) is 12.1 Å². The van der Waals surface area contributed by atoms with Crippen molar-refractivity contribution in [2.45, 2.75) is 31.7 Å². The van der Waals surface area contributed by atoms with Gasteiger partial charge >= 0.3 is 5.97 Å². The SMILES string of the molecule is CC1(c2ccc(Cl)cc2)CCN(Cc2ccc(C(=O)O)cc2)CC1. The Morgan fingerprint density at radius 2 is 1.67 bits per heavy atom. The van der Waals surface area contributed by atoms with Crippen LogP contribution < -0.4 is 0 Å². The number of carboxylic acids is 1. The molecule has 1 fully saturated rings. The average molecular weight is 344 g/mol. The van der Waals surface area contributed by atoms with Crippen LogP contribution in [0.15, 0.2) is 48.5 Å². The second kappa shape index (κ2) is 6.96. The lowest BCUT2D eigenvalue weighted by Gasteiger charge is -2.40. The molecule has 4 heteroatoms. The summed E-state index contributed by atoms with van der Waals surface area (Å²) in [7, 11) is 0. The minimum absolute atomic E-state index is 0.203. The maximum atomic E-state index is 10.9. The van der Waals surface area contributed by atoms with Crippen LogP contribution in [-0.2, 0) is 12.0 Å². The molecule has 0 atom stereocenters. The summed E-state index contributed by atoms with van der Waals surface area (Å²) in [4.78, 5) is 13.3. The van der Waals surface area contributed by atoms with Gasteiger partial charge in [-0.2, -0.15) is 0 Å². The highest BCUT2D eigenvalue weighted by Crippen LogP contribution is 2.35. The van der Waals surface area contributed by atoms with E-state index >= 15 is 0 Å². The molecule has 0 amide bonds. The molecular formula is C20H22ClNO2. The molecule has 3 rings (SSSR count). The van der Waals surface area contributed by atoms with E-state index in [2.05, 4.69) is 24.0 Å². The Morgan fingerprint density at radius 3 is 2.21 bits per heavy atom. The predicted octanol–water partition coefficient (Wildman–Crippen LogP) is 4.59. The molecule has 0 aliphatic carbocycles. The van der Waals surface area contributed by atoms with Crippen molar-refractivity contribution in [1.82, 2.24) is 4.90 Å². The molecule has 126 valence electrons. The summed E-state index contributed by atoms with van der Waals surface area (Å²) in [5, 5.41) is 9.74. The fourth-order valence-corrected chi connectivity index (χ4v) is 3.48. The third kappa shape index (κ3) is 3.80. The molecular weight excluding hydrogens is 322 g/mol. The number of hydrogen-bond acceptors (Lipinski definition) is 2. The normalized spacial score (nSPS) is 17.6. The van der Waals surface area contributed by atoms with E-state index in [-0.39, 0.29) is 5.41 Å². The van der Waals surface area contributed by atoms with Crippen LogP contribution in [-0.4, -0.2) is 29.1 Å². The number of likely N-dealkylation sites (tertiary alicyclic amines) is 1. The minimum atomic E-state index is -0.877. The second-order valence-corrected chi connectivity index (χ2v) is 7.28. The molecule has 1 aliphatic heterocycles. The fraction of sp³-hybridized carbons (Fsp3) is 0.350. The number of rotatable bonds is 4. The van der Waals surface area contributed by atoms with Crippen LogP contribution in [0.4, 0.5) is 0 Å². The zero-order chi connectivity index (χ0) is 17.2. The van der Waals surface area contributed by atoms with Crippen molar-refractivity contribution in [2.24, 2.45) is 0 Å². The minimum Gasteiger partial charge on any atom is -0.478 e. The molecule has 1 aliphatic rings. The van der Waals surface area contributed by atoms with Gasteiger partial charge in [0.15, 0.2) is 0 Å². The van der Waals surface area contributed by atoms with Gasteiger partial charge in [0, 0.05) is 11.6 Å². The number of halogens is 1. The summed E-state index contributed by atoms with van der Waals surface area (Å²) in [6.45, 7) is 5.28. The molecule has 1 heterocycles. The Bertz CT molecular complexity index is 701. The molecule has 0 saturated carbocycles. The van der Waals surface area contributed by atoms with Crippen LogP contribution in [0, 0.1) is 0 Å². The van der Waals surface area contributed by atoms with Gasteiger partial charge in [0.25, 0.3) is 0 Å². The third-order valence-corrected chi connectivity index (χ3v) is 5.36. The van der Waals surface area contributed by atoms with Crippen molar-refractivity contribution in [1.29, 1.82) is 0 Å². The van der Waals surface area contributed by atoms with Crippen LogP contribution in [0.25, 0.3) is 0 Å². The first-order valence-corrected chi connectivity index (χ1v) is 8.65. The smallest absolute Gasteiger partial charge is 0.335 e. The summed E-state index contributed by atoms with van der Waals surface area (Å²) in [5.74, 6) is -0.877. The molecule has 0 unspecified atom stereocenters. The van der Waals surface area contributed by atoms with Gasteiger partial charge in [-0.05, 0) is 66.7 Å². The number of hydrogen-bond donors (Lipinski definition) is 1. The average Bonchev–Trinajstić information content (AvgIpc) is 2.58. The van der Waals surface area contributed by atoms with Crippen LogP contribution in [0.2, 0.25) is 5.02 Å². The Labute approximate surface area is 147 Å². The first-order chi connectivity index (χ1) is 11.5. The van der Waals surface area contributed by atoms with E-state index < -0.39 is 5.97 Å². The zero-order valence-electron chi connectivity index (χ0n) is 13.8. The molecule has 2 aromatic rings. The number of benzene rings is 2. The monoisotopic (exact) mass is 343 g/mol. The summed E-state index contributed by atoms with van der Waals surface area (Å²) >= 11 is 6.00. The lowest BCUT2D eigenvalue weighted by atomic mass is 9.74. The van der Waals surface area contributed by atoms with Crippen molar-refractivity contribution in [3.63, 3.8) is 0 Å². The number of aromatic carboxylic acids is 1. The van der Waals surface area contributed by atoms with E-state index in [0.29, 0.717) is 5.56 Å². The number of carbonyl (C=O) groups is 1. The van der Waals surface area contributed by atoms with Gasteiger partial charge in [0.05, 0.1) is 5.56 Å². The van der Waals surface area contributed by atoms with Crippen LogP contribution >= 0.6 is 11.6 Å². The lowest BCUT2D eigenvalue weighted by molar-refractivity contribution is 0.0697. The molecule has 0 radical (unpaired) electrons. The van der Waals surface area contributed by atoms with Crippen molar-refractivity contribution in [3.8, 4) is 0 Å². The van der Waals surface area contributed by atoms with Gasteiger partial charge in [-0.15, -0.1) is 0 Å². The maximum absolute atomic E-state index is 10.9. The number of piperidine rings is 1. The zero-order valence-corrected chi connectivity index (χ0v) is 14.6.